The van der Waals surface area contributed by atoms with Crippen LogP contribution in [0.3, 0.4) is 0 Å². The Bertz CT molecular complexity index is 347. The minimum atomic E-state index is -1.02. The number of hydrogen-bond donors (Lipinski definition) is 1. The standard InChI is InChI=1S/C17H34NO3P/c1-2-3-4-5-6-7-8-9-10-11-12-18(22)14-15-13-16(19)21-17(15)20/h13,17,20H,2-12,14H2,1H3,22H4. The molecule has 1 aliphatic heterocycles. The van der Waals surface area contributed by atoms with E-state index >= 15 is 0 Å². The van der Waals surface area contributed by atoms with E-state index in [4.69, 9.17) is 4.74 Å². The summed E-state index contributed by atoms with van der Waals surface area (Å²) in [6.45, 7) is 3.98. The molecule has 0 aliphatic carbocycles. The Morgan fingerprint density at radius 3 is 2.14 bits per heavy atom. The van der Waals surface area contributed by atoms with Crippen LogP contribution in [0.2, 0.25) is 0 Å². The van der Waals surface area contributed by atoms with Crippen molar-refractivity contribution in [2.75, 3.05) is 13.1 Å². The van der Waals surface area contributed by atoms with Gasteiger partial charge in [0.2, 0.25) is 0 Å². The molecule has 0 saturated heterocycles. The summed E-state index contributed by atoms with van der Waals surface area (Å²) in [6, 6.07) is 0. The van der Waals surface area contributed by atoms with Crippen molar-refractivity contribution in [2.24, 2.45) is 0 Å². The van der Waals surface area contributed by atoms with Crippen molar-refractivity contribution >= 4 is 15.4 Å². The molecular formula is C17H34NO3P. The molecule has 1 heterocycles. The predicted octanol–water partition coefficient (Wildman–Crippen LogP) is 3.27. The second-order valence-electron chi connectivity index (χ2n) is 6.43. The van der Waals surface area contributed by atoms with Gasteiger partial charge < -0.3 is 0 Å². The van der Waals surface area contributed by atoms with Crippen LogP contribution in [-0.2, 0) is 9.53 Å². The Morgan fingerprint density at radius 1 is 1.09 bits per heavy atom. The molecular weight excluding hydrogens is 297 g/mol. The van der Waals surface area contributed by atoms with E-state index in [1.807, 2.05) is 0 Å². The topological polar surface area (TPSA) is 49.8 Å². The third-order valence-corrected chi connectivity index (χ3v) is 4.96. The molecule has 0 aromatic carbocycles. The van der Waals surface area contributed by atoms with Crippen molar-refractivity contribution in [3.8, 4) is 0 Å². The molecule has 1 atom stereocenters. The summed E-state index contributed by atoms with van der Waals surface area (Å²) in [7, 11) is 0.944. The molecule has 5 heteroatoms. The van der Waals surface area contributed by atoms with Crippen molar-refractivity contribution in [1.29, 1.82) is 0 Å². The molecule has 1 unspecified atom stereocenters. The first-order valence-electron chi connectivity index (χ1n) is 8.91. The van der Waals surface area contributed by atoms with Crippen molar-refractivity contribution < 1.29 is 14.6 Å². The Kier molecular flexibility index (Phi) is 10.7. The molecule has 1 aliphatic rings. The van der Waals surface area contributed by atoms with Crippen LogP contribution in [0.4, 0.5) is 0 Å². The molecule has 0 aromatic rings. The molecule has 0 fully saturated rings. The first-order valence-corrected chi connectivity index (χ1v) is 9.80. The van der Waals surface area contributed by atoms with Crippen LogP contribution >= 0.6 is 9.39 Å². The number of esters is 1. The summed E-state index contributed by atoms with van der Waals surface area (Å²) < 4.78 is 6.97. The maximum atomic E-state index is 11.0. The number of nitrogens with zero attached hydrogens (tertiary/aromatic N) is 1. The molecule has 1 rings (SSSR count). The molecule has 130 valence electrons. The van der Waals surface area contributed by atoms with E-state index in [1.54, 1.807) is 0 Å². The van der Waals surface area contributed by atoms with Gasteiger partial charge in [-0.2, -0.15) is 0 Å². The average Bonchev–Trinajstić information content (AvgIpc) is 2.79. The van der Waals surface area contributed by atoms with Crippen LogP contribution in [0.15, 0.2) is 11.6 Å². The normalized spacial score (nSPS) is 18.0. The van der Waals surface area contributed by atoms with Gasteiger partial charge in [-0.3, -0.25) is 0 Å². The van der Waals surface area contributed by atoms with Gasteiger partial charge in [-0.15, -0.1) is 0 Å². The summed E-state index contributed by atoms with van der Waals surface area (Å²) in [4.78, 5) is 11.0. The van der Waals surface area contributed by atoms with E-state index in [2.05, 4.69) is 11.6 Å². The summed E-state index contributed by atoms with van der Waals surface area (Å²) in [6.07, 6.45) is 13.9. The first kappa shape index (κ1) is 19.6. The fourth-order valence-electron chi connectivity index (χ4n) is 2.83. The Labute approximate surface area is 137 Å². The Morgan fingerprint density at radius 2 is 1.64 bits per heavy atom. The summed E-state index contributed by atoms with van der Waals surface area (Å²) in [5.41, 5.74) is 0.701. The van der Waals surface area contributed by atoms with Crippen LogP contribution in [-0.4, -0.2) is 35.1 Å². The molecule has 0 aromatic heterocycles. The Balaban J connectivity index is 1.92. The predicted molar refractivity (Wildman–Crippen MR) is 96.1 cm³/mol. The van der Waals surface area contributed by atoms with Crippen LogP contribution in [0.1, 0.15) is 71.1 Å². The third-order valence-electron chi connectivity index (χ3n) is 4.19. The zero-order valence-electron chi connectivity index (χ0n) is 14.4. The van der Waals surface area contributed by atoms with Gasteiger partial charge in [0.05, 0.1) is 0 Å². The van der Waals surface area contributed by atoms with Gasteiger partial charge in [-0.25, -0.2) is 0 Å². The number of ether oxygens (including phenoxy) is 1. The quantitative estimate of drug-likeness (QED) is 0.320. The van der Waals surface area contributed by atoms with Crippen LogP contribution in [0.5, 0.6) is 0 Å². The number of hydrogen-bond acceptors (Lipinski definition) is 4. The number of aliphatic hydroxyl groups excluding tert-OH is 1. The van der Waals surface area contributed by atoms with E-state index in [0.717, 1.165) is 15.9 Å². The first-order chi connectivity index (χ1) is 10.6. The molecule has 0 saturated carbocycles. The molecule has 0 spiro atoms. The van der Waals surface area contributed by atoms with Gasteiger partial charge in [0, 0.05) is 0 Å². The number of carbonyl (C=O) groups is 1. The maximum absolute atomic E-state index is 11.0. The minimum absolute atomic E-state index is 0.420. The summed E-state index contributed by atoms with van der Waals surface area (Å²) in [5, 5.41) is 9.53. The van der Waals surface area contributed by atoms with Crippen molar-refractivity contribution in [2.45, 2.75) is 77.4 Å². The molecule has 1 N–H and O–H groups in total. The average molecular weight is 331 g/mol. The number of rotatable bonds is 13. The number of aliphatic hydroxyl groups is 1. The second kappa shape index (κ2) is 12.0. The Hall–Kier alpha value is -0.440. The van der Waals surface area contributed by atoms with Gasteiger partial charge in [-0.1, -0.05) is 6.92 Å². The van der Waals surface area contributed by atoms with E-state index in [0.29, 0.717) is 12.1 Å². The SMILES string of the molecule is CCCCCCCCCCCCN([PH4])CC1=CC(=O)OC1O. The van der Waals surface area contributed by atoms with E-state index in [9.17, 15) is 9.90 Å². The molecule has 0 amide bonds. The van der Waals surface area contributed by atoms with E-state index in [-0.39, 0.29) is 0 Å². The van der Waals surface area contributed by atoms with Crippen molar-refractivity contribution in [3.05, 3.63) is 11.6 Å². The second-order valence-corrected chi connectivity index (χ2v) is 7.69. The van der Waals surface area contributed by atoms with Crippen LogP contribution in [0, 0.1) is 0 Å². The molecule has 4 nitrogen and oxygen atoms in total. The fourth-order valence-corrected chi connectivity index (χ4v) is 3.51. The van der Waals surface area contributed by atoms with E-state index in [1.165, 1.54) is 70.3 Å². The van der Waals surface area contributed by atoms with Gasteiger partial charge in [0.1, 0.15) is 0 Å². The van der Waals surface area contributed by atoms with Crippen molar-refractivity contribution in [3.63, 3.8) is 0 Å². The number of unbranched alkanes of at least 4 members (excludes halogenated alkanes) is 9. The van der Waals surface area contributed by atoms with Crippen LogP contribution in [0.25, 0.3) is 0 Å². The fraction of sp³-hybridized carbons (Fsp3) is 0.824. The van der Waals surface area contributed by atoms with Crippen molar-refractivity contribution in [1.82, 2.24) is 4.67 Å². The van der Waals surface area contributed by atoms with Gasteiger partial charge in [-0.05, 0) is 0 Å². The zero-order chi connectivity index (χ0) is 16.2. The molecule has 22 heavy (non-hydrogen) atoms. The third kappa shape index (κ3) is 8.87. The zero-order valence-corrected chi connectivity index (χ0v) is 16.4. The number of carbonyl (C=O) groups excluding carboxylic acids is 1. The number of cyclic esters (lactones) is 1. The molecule has 0 radical (unpaired) electrons. The van der Waals surface area contributed by atoms with Gasteiger partial charge in [0.15, 0.2) is 0 Å². The monoisotopic (exact) mass is 331 g/mol. The molecule has 0 bridgehead atoms. The summed E-state index contributed by atoms with van der Waals surface area (Å²) >= 11 is 0. The van der Waals surface area contributed by atoms with Gasteiger partial charge in [0.25, 0.3) is 0 Å². The summed E-state index contributed by atoms with van der Waals surface area (Å²) in [5.74, 6) is -0.420. The van der Waals surface area contributed by atoms with E-state index < -0.39 is 12.3 Å². The van der Waals surface area contributed by atoms with Gasteiger partial charge >= 0.3 is 130 Å². The van der Waals surface area contributed by atoms with Crippen LogP contribution < -0.4 is 0 Å².